The van der Waals surface area contributed by atoms with E-state index in [2.05, 4.69) is 58.7 Å². The van der Waals surface area contributed by atoms with Gasteiger partial charge in [-0.2, -0.15) is 10.2 Å². The third-order valence-electron chi connectivity index (χ3n) is 4.21. The number of hydrogen-bond donors (Lipinski definition) is 0. The van der Waals surface area contributed by atoms with Gasteiger partial charge in [0.25, 0.3) is 0 Å². The van der Waals surface area contributed by atoms with E-state index in [1.807, 2.05) is 46.2 Å². The fourth-order valence-corrected chi connectivity index (χ4v) is 2.67. The van der Waals surface area contributed by atoms with Crippen molar-refractivity contribution in [3.8, 4) is 0 Å². The van der Waals surface area contributed by atoms with Crippen LogP contribution in [0.3, 0.4) is 0 Å². The fourth-order valence-electron chi connectivity index (χ4n) is 2.67. The molecule has 25 heavy (non-hydrogen) atoms. The molecule has 5 nitrogen and oxygen atoms in total. The van der Waals surface area contributed by atoms with Gasteiger partial charge in [-0.3, -0.25) is 4.98 Å². The predicted octanol–water partition coefficient (Wildman–Crippen LogP) is 4.16. The molecule has 0 bridgehead atoms. The van der Waals surface area contributed by atoms with E-state index in [0.29, 0.717) is 0 Å². The fraction of sp³-hybridized carbons (Fsp3) is 0.450. The molecule has 0 radical (unpaired) electrons. The van der Waals surface area contributed by atoms with Crippen LogP contribution >= 0.6 is 0 Å². The highest BCUT2D eigenvalue weighted by molar-refractivity contribution is 5.17. The van der Waals surface area contributed by atoms with Crippen LogP contribution in [0.1, 0.15) is 64.8 Å². The summed E-state index contributed by atoms with van der Waals surface area (Å²) in [6.07, 6.45) is 5.63. The van der Waals surface area contributed by atoms with Gasteiger partial charge in [-0.15, -0.1) is 0 Å². The Hall–Kier alpha value is -2.43. The molecule has 0 saturated carbocycles. The highest BCUT2D eigenvalue weighted by atomic mass is 15.4. The number of nitrogens with zero attached hydrogens (tertiary/aromatic N) is 5. The molecule has 0 spiro atoms. The summed E-state index contributed by atoms with van der Waals surface area (Å²) in [4.78, 5) is 4.55. The molecule has 0 aliphatic rings. The molecular formula is C20H27N5. The maximum absolute atomic E-state index is 4.82. The summed E-state index contributed by atoms with van der Waals surface area (Å²) in [5.41, 5.74) is 3.02. The molecular weight excluding hydrogens is 310 g/mol. The van der Waals surface area contributed by atoms with E-state index in [4.69, 9.17) is 10.2 Å². The Bertz CT molecular complexity index is 779. The summed E-state index contributed by atoms with van der Waals surface area (Å²) in [6, 6.07) is 10.1. The van der Waals surface area contributed by atoms with Gasteiger partial charge in [0.2, 0.25) is 0 Å². The molecule has 0 aliphatic heterocycles. The smallest absolute Gasteiger partial charge is 0.185 e. The quantitative estimate of drug-likeness (QED) is 0.721. The van der Waals surface area contributed by atoms with Gasteiger partial charge in [0.15, 0.2) is 6.17 Å². The van der Waals surface area contributed by atoms with Gasteiger partial charge in [0.05, 0.1) is 17.1 Å². The minimum absolute atomic E-state index is 0.000598. The van der Waals surface area contributed by atoms with Gasteiger partial charge in [0.1, 0.15) is 0 Å². The molecule has 0 aliphatic carbocycles. The number of aromatic nitrogens is 5. The lowest BCUT2D eigenvalue weighted by molar-refractivity contribution is 0.392. The van der Waals surface area contributed by atoms with Crippen LogP contribution in [0, 0.1) is 0 Å². The van der Waals surface area contributed by atoms with Crippen molar-refractivity contribution in [1.29, 1.82) is 0 Å². The van der Waals surface area contributed by atoms with Crippen LogP contribution in [0.15, 0.2) is 48.9 Å². The highest BCUT2D eigenvalue weighted by Gasteiger charge is 2.25. The van der Waals surface area contributed by atoms with Gasteiger partial charge in [0, 0.05) is 29.4 Å². The zero-order valence-electron chi connectivity index (χ0n) is 15.9. The maximum atomic E-state index is 4.82. The average Bonchev–Trinajstić information content (AvgIpc) is 3.17. The number of hydrogen-bond acceptors (Lipinski definition) is 3. The molecule has 3 aromatic rings. The second-order valence-electron chi connectivity index (χ2n) is 8.49. The van der Waals surface area contributed by atoms with Crippen LogP contribution in [-0.4, -0.2) is 24.5 Å². The maximum Gasteiger partial charge on any atom is 0.185 e. The van der Waals surface area contributed by atoms with Crippen molar-refractivity contribution in [2.24, 2.45) is 0 Å². The van der Waals surface area contributed by atoms with E-state index < -0.39 is 0 Å². The molecule has 0 fully saturated rings. The van der Waals surface area contributed by atoms with Crippen molar-refractivity contribution in [1.82, 2.24) is 24.5 Å². The van der Waals surface area contributed by atoms with Crippen molar-refractivity contribution in [3.05, 3.63) is 66.0 Å². The normalized spacial score (nSPS) is 12.8. The van der Waals surface area contributed by atoms with E-state index in [1.165, 1.54) is 0 Å². The monoisotopic (exact) mass is 337 g/mol. The Morgan fingerprint density at radius 2 is 1.28 bits per heavy atom. The summed E-state index contributed by atoms with van der Waals surface area (Å²) < 4.78 is 3.89. The Morgan fingerprint density at radius 3 is 1.64 bits per heavy atom. The Labute approximate surface area is 149 Å². The van der Waals surface area contributed by atoms with Crippen molar-refractivity contribution in [3.63, 3.8) is 0 Å². The third kappa shape index (κ3) is 3.65. The number of pyridine rings is 1. The molecule has 3 heterocycles. The molecule has 132 valence electrons. The van der Waals surface area contributed by atoms with Crippen LogP contribution in [0.2, 0.25) is 0 Å². The first-order valence-electron chi connectivity index (χ1n) is 8.68. The molecule has 0 aromatic carbocycles. The molecule has 0 atom stereocenters. The van der Waals surface area contributed by atoms with Crippen LogP contribution in [0.4, 0.5) is 0 Å². The van der Waals surface area contributed by atoms with Gasteiger partial charge >= 0.3 is 0 Å². The van der Waals surface area contributed by atoms with E-state index in [9.17, 15) is 0 Å². The third-order valence-corrected chi connectivity index (χ3v) is 4.21. The zero-order chi connectivity index (χ0) is 18.2. The van der Waals surface area contributed by atoms with Crippen molar-refractivity contribution >= 4 is 0 Å². The predicted molar refractivity (Wildman–Crippen MR) is 99.6 cm³/mol. The minimum Gasteiger partial charge on any atom is -0.257 e. The minimum atomic E-state index is -0.201. The molecule has 3 aromatic heterocycles. The zero-order valence-corrected chi connectivity index (χ0v) is 15.9. The van der Waals surface area contributed by atoms with Gasteiger partial charge in [-0.1, -0.05) is 47.6 Å². The summed E-state index contributed by atoms with van der Waals surface area (Å²) in [5, 5.41) is 9.64. The average molecular weight is 337 g/mol. The first-order chi connectivity index (χ1) is 11.7. The molecule has 0 amide bonds. The van der Waals surface area contributed by atoms with Gasteiger partial charge in [-0.05, 0) is 24.3 Å². The lowest BCUT2D eigenvalue weighted by Gasteiger charge is -2.20. The lowest BCUT2D eigenvalue weighted by atomic mass is 9.93. The lowest BCUT2D eigenvalue weighted by Crippen LogP contribution is -2.24. The summed E-state index contributed by atoms with van der Waals surface area (Å²) >= 11 is 0. The first kappa shape index (κ1) is 17.4. The molecule has 5 heteroatoms. The van der Waals surface area contributed by atoms with E-state index >= 15 is 0 Å². The van der Waals surface area contributed by atoms with Gasteiger partial charge < -0.3 is 0 Å². The highest BCUT2D eigenvalue weighted by Crippen LogP contribution is 2.25. The Morgan fingerprint density at radius 1 is 0.760 bits per heavy atom. The van der Waals surface area contributed by atoms with Gasteiger partial charge in [-0.25, -0.2) is 9.36 Å². The second kappa shape index (κ2) is 6.14. The van der Waals surface area contributed by atoms with E-state index in [0.717, 1.165) is 17.1 Å². The largest absolute Gasteiger partial charge is 0.257 e. The molecule has 0 saturated heterocycles. The SMILES string of the molecule is CC(C)(C)c1ccn(C(c2ccccn2)n2ccc(C(C)(C)C)n2)n1. The van der Waals surface area contributed by atoms with Crippen LogP contribution in [-0.2, 0) is 10.8 Å². The summed E-state index contributed by atoms with van der Waals surface area (Å²) in [7, 11) is 0. The van der Waals surface area contributed by atoms with Crippen LogP contribution in [0.5, 0.6) is 0 Å². The molecule has 0 unspecified atom stereocenters. The van der Waals surface area contributed by atoms with Crippen LogP contribution < -0.4 is 0 Å². The summed E-state index contributed by atoms with van der Waals surface area (Å²) in [5.74, 6) is 0. The van der Waals surface area contributed by atoms with Crippen molar-refractivity contribution < 1.29 is 0 Å². The molecule has 3 rings (SSSR count). The van der Waals surface area contributed by atoms with E-state index in [-0.39, 0.29) is 17.0 Å². The van der Waals surface area contributed by atoms with Crippen molar-refractivity contribution in [2.45, 2.75) is 58.5 Å². The second-order valence-corrected chi connectivity index (χ2v) is 8.49. The van der Waals surface area contributed by atoms with Crippen LogP contribution in [0.25, 0.3) is 0 Å². The standard InChI is InChI=1S/C20H27N5/c1-19(2,3)16-10-13-24(22-16)18(15-9-7-8-12-21-15)25-14-11-17(23-25)20(4,5)6/h7-14,18H,1-6H3. The number of rotatable bonds is 3. The molecule has 0 N–H and O–H groups in total. The van der Waals surface area contributed by atoms with E-state index in [1.54, 1.807) is 0 Å². The topological polar surface area (TPSA) is 48.5 Å². The Kier molecular flexibility index (Phi) is 4.27. The summed E-state index contributed by atoms with van der Waals surface area (Å²) in [6.45, 7) is 13.0. The first-order valence-corrected chi connectivity index (χ1v) is 8.68. The van der Waals surface area contributed by atoms with Crippen molar-refractivity contribution in [2.75, 3.05) is 0 Å². The Balaban J connectivity index is 2.08.